The molecule has 0 unspecified atom stereocenters. The first-order valence-corrected chi connectivity index (χ1v) is 8.45. The molecule has 1 saturated heterocycles. The summed E-state index contributed by atoms with van der Waals surface area (Å²) in [5.74, 6) is -1.22. The van der Waals surface area contributed by atoms with Crippen LogP contribution in [-0.4, -0.2) is 53.2 Å². The van der Waals surface area contributed by atoms with Crippen LogP contribution in [0, 0.1) is 13.8 Å². The lowest BCUT2D eigenvalue weighted by molar-refractivity contribution is -0.342. The Morgan fingerprint density at radius 1 is 1.07 bits per heavy atom. The minimum atomic E-state index is -4.74. The van der Waals surface area contributed by atoms with Crippen LogP contribution in [0.3, 0.4) is 0 Å². The van der Waals surface area contributed by atoms with Crippen LogP contribution >= 0.6 is 0 Å². The molecule has 0 N–H and O–H groups in total. The molecule has 0 amide bonds. The molecule has 14 heteroatoms. The number of alkyl halides is 6. The van der Waals surface area contributed by atoms with Crippen LogP contribution < -0.4 is 4.74 Å². The van der Waals surface area contributed by atoms with Gasteiger partial charge in [-0.3, -0.25) is 9.68 Å². The number of nitrogens with zero attached hydrogens (tertiary/aromatic N) is 4. The van der Waals surface area contributed by atoms with Gasteiger partial charge in [-0.15, -0.1) is 0 Å². The molecule has 1 aliphatic rings. The smallest absolute Gasteiger partial charge is 0.471 e. The SMILES string of the molecule is Cc1cc(-c2noc(C(F)(F)F)n2)cc(C)c1OCCON1CN(C(F)(F)F)CO1. The van der Waals surface area contributed by atoms with Crippen LogP contribution in [0.25, 0.3) is 11.4 Å². The first kappa shape index (κ1) is 22.3. The average molecular weight is 442 g/mol. The first-order valence-electron chi connectivity index (χ1n) is 8.45. The molecule has 0 radical (unpaired) electrons. The van der Waals surface area contributed by atoms with Crippen LogP contribution in [0.1, 0.15) is 17.0 Å². The highest BCUT2D eigenvalue weighted by Crippen LogP contribution is 2.32. The van der Waals surface area contributed by atoms with Gasteiger partial charge in [-0.2, -0.15) is 36.2 Å². The fraction of sp³-hybridized carbons (Fsp3) is 0.500. The zero-order chi connectivity index (χ0) is 22.1. The maximum Gasteiger partial charge on any atom is 0.471 e. The van der Waals surface area contributed by atoms with Crippen molar-refractivity contribution in [2.24, 2.45) is 0 Å². The summed E-state index contributed by atoms with van der Waals surface area (Å²) in [7, 11) is 0. The molecular weight excluding hydrogens is 426 g/mol. The van der Waals surface area contributed by atoms with Gasteiger partial charge in [-0.1, -0.05) is 5.16 Å². The number of aromatic nitrogens is 2. The molecule has 8 nitrogen and oxygen atoms in total. The molecule has 0 aliphatic carbocycles. The fourth-order valence-corrected chi connectivity index (χ4v) is 2.63. The predicted molar refractivity (Wildman–Crippen MR) is 86.2 cm³/mol. The molecule has 0 atom stereocenters. The van der Waals surface area contributed by atoms with Crippen molar-refractivity contribution >= 4 is 0 Å². The molecule has 2 heterocycles. The molecule has 3 rings (SSSR count). The van der Waals surface area contributed by atoms with E-state index in [0.717, 1.165) is 0 Å². The Morgan fingerprint density at radius 3 is 2.27 bits per heavy atom. The van der Waals surface area contributed by atoms with Crippen molar-refractivity contribution in [3.8, 4) is 17.1 Å². The Balaban J connectivity index is 1.56. The summed E-state index contributed by atoms with van der Waals surface area (Å²) in [4.78, 5) is 13.3. The maximum absolute atomic E-state index is 12.6. The van der Waals surface area contributed by atoms with Crippen molar-refractivity contribution in [3.63, 3.8) is 0 Å². The highest BCUT2D eigenvalue weighted by Gasteiger charge is 2.42. The lowest BCUT2D eigenvalue weighted by atomic mass is 10.1. The van der Waals surface area contributed by atoms with Crippen molar-refractivity contribution in [2.75, 3.05) is 26.6 Å². The summed E-state index contributed by atoms with van der Waals surface area (Å²) in [5, 5.41) is 4.04. The number of halogens is 6. The Hall–Kier alpha value is -2.42. The number of rotatable bonds is 6. The Kier molecular flexibility index (Phi) is 6.21. The van der Waals surface area contributed by atoms with Gasteiger partial charge in [-0.05, 0) is 42.3 Å². The third-order valence-electron chi connectivity index (χ3n) is 3.95. The van der Waals surface area contributed by atoms with Crippen LogP contribution in [0.5, 0.6) is 5.75 Å². The van der Waals surface area contributed by atoms with E-state index in [4.69, 9.17) is 14.4 Å². The summed E-state index contributed by atoms with van der Waals surface area (Å²) < 4.78 is 85.2. The molecule has 2 aromatic rings. The van der Waals surface area contributed by atoms with Crippen LogP contribution in [0.4, 0.5) is 26.3 Å². The van der Waals surface area contributed by atoms with Crippen molar-refractivity contribution < 1.29 is 45.3 Å². The van der Waals surface area contributed by atoms with E-state index in [2.05, 4.69) is 14.7 Å². The quantitative estimate of drug-likeness (QED) is 0.381. The Morgan fingerprint density at radius 2 is 1.73 bits per heavy atom. The number of benzene rings is 1. The standard InChI is InChI=1S/C16H16F6N4O4/c1-9-5-11(13-23-14(30-24-13)15(17,18)19)6-10(2)12(9)27-3-4-28-26-7-25(8-29-26)16(20,21)22/h5-6H,3-4,7-8H2,1-2H3. The molecule has 1 fully saturated rings. The zero-order valence-electron chi connectivity index (χ0n) is 15.7. The van der Waals surface area contributed by atoms with Gasteiger partial charge in [0.25, 0.3) is 0 Å². The molecule has 0 saturated carbocycles. The van der Waals surface area contributed by atoms with Gasteiger partial charge in [0.1, 0.15) is 32.4 Å². The van der Waals surface area contributed by atoms with E-state index in [1.807, 2.05) is 0 Å². The van der Waals surface area contributed by atoms with Gasteiger partial charge in [0.2, 0.25) is 5.82 Å². The monoisotopic (exact) mass is 442 g/mol. The predicted octanol–water partition coefficient (Wildman–Crippen LogP) is 3.67. The third-order valence-corrected chi connectivity index (χ3v) is 3.95. The normalized spacial score (nSPS) is 16.4. The molecule has 166 valence electrons. The summed E-state index contributed by atoms with van der Waals surface area (Å²) in [6.07, 6.45) is -9.27. The van der Waals surface area contributed by atoms with E-state index >= 15 is 0 Å². The number of aryl methyl sites for hydroxylation is 2. The summed E-state index contributed by atoms with van der Waals surface area (Å²) in [6.45, 7) is 1.97. The van der Waals surface area contributed by atoms with Crippen molar-refractivity contribution in [3.05, 3.63) is 29.2 Å². The van der Waals surface area contributed by atoms with Gasteiger partial charge in [0.15, 0.2) is 0 Å². The van der Waals surface area contributed by atoms with E-state index in [1.54, 1.807) is 13.8 Å². The second kappa shape index (κ2) is 8.37. The van der Waals surface area contributed by atoms with Gasteiger partial charge in [0, 0.05) is 5.56 Å². The largest absolute Gasteiger partial charge is 0.491 e. The second-order valence-corrected chi connectivity index (χ2v) is 6.28. The molecule has 30 heavy (non-hydrogen) atoms. The Labute approximate surface area is 165 Å². The van der Waals surface area contributed by atoms with Crippen molar-refractivity contribution in [1.29, 1.82) is 0 Å². The van der Waals surface area contributed by atoms with Crippen molar-refractivity contribution in [1.82, 2.24) is 20.3 Å². The summed E-state index contributed by atoms with van der Waals surface area (Å²) >= 11 is 0. The second-order valence-electron chi connectivity index (χ2n) is 6.28. The van der Waals surface area contributed by atoms with Crippen molar-refractivity contribution in [2.45, 2.75) is 26.3 Å². The summed E-state index contributed by atoms with van der Waals surface area (Å²) in [5.41, 5.74) is 1.48. The highest BCUT2D eigenvalue weighted by molar-refractivity contribution is 5.61. The number of ether oxygens (including phenoxy) is 1. The van der Waals surface area contributed by atoms with Gasteiger partial charge < -0.3 is 9.26 Å². The average Bonchev–Trinajstić information content (AvgIpc) is 3.29. The Bertz CT molecular complexity index is 862. The highest BCUT2D eigenvalue weighted by atomic mass is 19.4. The van der Waals surface area contributed by atoms with E-state index < -0.39 is 31.8 Å². The molecule has 1 aromatic carbocycles. The van der Waals surface area contributed by atoms with E-state index in [1.165, 1.54) is 12.1 Å². The lowest BCUT2D eigenvalue weighted by Crippen LogP contribution is -2.37. The van der Waals surface area contributed by atoms with Crippen LogP contribution in [-0.2, 0) is 15.9 Å². The van der Waals surface area contributed by atoms with Gasteiger partial charge in [-0.25, -0.2) is 0 Å². The molecular formula is C16H16F6N4O4. The van der Waals surface area contributed by atoms with Gasteiger partial charge >= 0.3 is 18.4 Å². The van der Waals surface area contributed by atoms with E-state index in [0.29, 0.717) is 27.7 Å². The molecule has 1 aliphatic heterocycles. The topological polar surface area (TPSA) is 73.1 Å². The molecule has 1 aromatic heterocycles. The molecule has 0 bridgehead atoms. The number of hydrogen-bond donors (Lipinski definition) is 0. The zero-order valence-corrected chi connectivity index (χ0v) is 15.7. The van der Waals surface area contributed by atoms with E-state index in [9.17, 15) is 26.3 Å². The molecule has 0 spiro atoms. The minimum Gasteiger partial charge on any atom is -0.491 e. The van der Waals surface area contributed by atoms with Crippen LogP contribution in [0.15, 0.2) is 16.7 Å². The van der Waals surface area contributed by atoms with Crippen LogP contribution in [0.2, 0.25) is 0 Å². The number of hydroxylamine groups is 2. The first-order chi connectivity index (χ1) is 13.9. The number of hydrogen-bond acceptors (Lipinski definition) is 8. The summed E-state index contributed by atoms with van der Waals surface area (Å²) in [6, 6.07) is 3.05. The maximum atomic E-state index is 12.6. The van der Waals surface area contributed by atoms with Gasteiger partial charge in [0.05, 0.1) is 0 Å². The fourth-order valence-electron chi connectivity index (χ4n) is 2.63. The van der Waals surface area contributed by atoms with E-state index in [-0.39, 0.29) is 23.9 Å². The third kappa shape index (κ3) is 5.19. The lowest BCUT2D eigenvalue weighted by Gasteiger charge is -2.17. The minimum absolute atomic E-state index is 0.00661.